The van der Waals surface area contributed by atoms with Crippen molar-refractivity contribution in [3.63, 3.8) is 0 Å². The minimum atomic E-state index is -1.62. The normalized spacial score (nSPS) is 25.0. The third-order valence-corrected chi connectivity index (χ3v) is 9.70. The third-order valence-electron chi connectivity index (χ3n) is 8.96. The number of carbonyl (C=O) groups is 1. The van der Waals surface area contributed by atoms with Crippen LogP contribution in [0.5, 0.6) is 0 Å². The van der Waals surface area contributed by atoms with Crippen LogP contribution in [0.25, 0.3) is 0 Å². The van der Waals surface area contributed by atoms with E-state index in [0.29, 0.717) is 26.7 Å². The van der Waals surface area contributed by atoms with Crippen LogP contribution in [0.4, 0.5) is 0 Å². The van der Waals surface area contributed by atoms with Gasteiger partial charge in [-0.25, -0.2) is 0 Å². The van der Waals surface area contributed by atoms with Crippen molar-refractivity contribution in [1.29, 1.82) is 5.26 Å². The molecular formula is C38H29Cl2NO2. The first-order chi connectivity index (χ1) is 20.9. The highest BCUT2D eigenvalue weighted by molar-refractivity contribution is 6.42. The molecule has 1 aliphatic carbocycles. The smallest absolute Gasteiger partial charge is 0.169 e. The first-order valence-electron chi connectivity index (χ1n) is 14.2. The predicted molar refractivity (Wildman–Crippen MR) is 171 cm³/mol. The number of rotatable bonds is 6. The van der Waals surface area contributed by atoms with Crippen LogP contribution in [-0.4, -0.2) is 10.9 Å². The molecule has 212 valence electrons. The van der Waals surface area contributed by atoms with Crippen LogP contribution in [0, 0.1) is 17.2 Å². The number of nitrogens with zero attached hydrogens (tertiary/aromatic N) is 1. The molecule has 5 aromatic rings. The lowest BCUT2D eigenvalue weighted by molar-refractivity contribution is -0.0738. The van der Waals surface area contributed by atoms with Gasteiger partial charge in [0, 0.05) is 17.4 Å². The first-order valence-corrected chi connectivity index (χ1v) is 15.0. The van der Waals surface area contributed by atoms with Crippen LogP contribution >= 0.6 is 23.2 Å². The molecule has 0 aliphatic heterocycles. The Kier molecular flexibility index (Phi) is 7.95. The second-order valence-corrected chi connectivity index (χ2v) is 12.0. The summed E-state index contributed by atoms with van der Waals surface area (Å²) in [5, 5.41) is 25.3. The lowest BCUT2D eigenvalue weighted by Gasteiger charge is -2.56. The number of ketones is 1. The Labute approximate surface area is 262 Å². The summed E-state index contributed by atoms with van der Waals surface area (Å²) in [5.74, 6) is -2.54. The van der Waals surface area contributed by atoms with Gasteiger partial charge in [-0.05, 0) is 40.8 Å². The fraction of sp³-hybridized carbons (Fsp3) is 0.158. The van der Waals surface area contributed by atoms with Crippen molar-refractivity contribution in [1.82, 2.24) is 0 Å². The second kappa shape index (κ2) is 11.8. The Morgan fingerprint density at radius 2 is 1.23 bits per heavy atom. The molecule has 5 heteroatoms. The summed E-state index contributed by atoms with van der Waals surface area (Å²) in [4.78, 5) is 14.9. The van der Waals surface area contributed by atoms with Gasteiger partial charge in [-0.1, -0.05) is 151 Å². The molecular weight excluding hydrogens is 573 g/mol. The van der Waals surface area contributed by atoms with Crippen LogP contribution < -0.4 is 0 Å². The van der Waals surface area contributed by atoms with E-state index < -0.39 is 28.8 Å². The van der Waals surface area contributed by atoms with Crippen LogP contribution in [-0.2, 0) is 11.0 Å². The van der Waals surface area contributed by atoms with E-state index in [4.69, 9.17) is 23.2 Å². The average molecular weight is 603 g/mol. The van der Waals surface area contributed by atoms with Gasteiger partial charge in [0.15, 0.2) is 5.78 Å². The second-order valence-electron chi connectivity index (χ2n) is 11.2. The molecule has 0 amide bonds. The summed E-state index contributed by atoms with van der Waals surface area (Å²) in [6.45, 7) is 0. The molecule has 3 nitrogen and oxygen atoms in total. The van der Waals surface area contributed by atoms with Gasteiger partial charge in [0.25, 0.3) is 0 Å². The average Bonchev–Trinajstić information content (AvgIpc) is 3.07. The number of hydrogen-bond acceptors (Lipinski definition) is 3. The van der Waals surface area contributed by atoms with Crippen molar-refractivity contribution in [3.05, 3.63) is 177 Å². The van der Waals surface area contributed by atoms with Crippen molar-refractivity contribution in [2.75, 3.05) is 0 Å². The zero-order valence-electron chi connectivity index (χ0n) is 23.3. The molecule has 1 fully saturated rings. The maximum Gasteiger partial charge on any atom is 0.169 e. The number of hydrogen-bond donors (Lipinski definition) is 1. The van der Waals surface area contributed by atoms with Gasteiger partial charge < -0.3 is 5.11 Å². The Hall–Kier alpha value is -4.20. The molecule has 6 rings (SSSR count). The Morgan fingerprint density at radius 1 is 0.698 bits per heavy atom. The zero-order chi connectivity index (χ0) is 30.0. The number of halogens is 2. The molecule has 1 N–H and O–H groups in total. The molecule has 0 unspecified atom stereocenters. The first kappa shape index (κ1) is 28.9. The van der Waals surface area contributed by atoms with Crippen molar-refractivity contribution >= 4 is 29.0 Å². The molecule has 0 spiro atoms. The summed E-state index contributed by atoms with van der Waals surface area (Å²) in [7, 11) is 0. The summed E-state index contributed by atoms with van der Waals surface area (Å²) in [6.07, 6.45) is 0.126. The van der Waals surface area contributed by atoms with E-state index in [-0.39, 0.29) is 12.2 Å². The van der Waals surface area contributed by atoms with Gasteiger partial charge >= 0.3 is 0 Å². The van der Waals surface area contributed by atoms with Crippen LogP contribution in [0.2, 0.25) is 10.0 Å². The van der Waals surface area contributed by atoms with Gasteiger partial charge in [-0.15, -0.1) is 0 Å². The van der Waals surface area contributed by atoms with E-state index in [0.717, 1.165) is 11.1 Å². The van der Waals surface area contributed by atoms with E-state index in [2.05, 4.69) is 6.07 Å². The molecule has 0 radical (unpaired) electrons. The Bertz CT molecular complexity index is 1770. The van der Waals surface area contributed by atoms with Gasteiger partial charge in [0.05, 0.1) is 27.4 Å². The van der Waals surface area contributed by atoms with Crippen molar-refractivity contribution in [2.24, 2.45) is 5.92 Å². The van der Waals surface area contributed by atoms with Crippen LogP contribution in [0.1, 0.15) is 50.9 Å². The number of Topliss-reactive ketones (excluding diaryl/α,β-unsaturated/α-hetero) is 1. The topological polar surface area (TPSA) is 61.1 Å². The van der Waals surface area contributed by atoms with E-state index in [1.165, 1.54) is 0 Å². The van der Waals surface area contributed by atoms with Gasteiger partial charge in [0.1, 0.15) is 5.60 Å². The minimum Gasteiger partial charge on any atom is -0.384 e. The molecule has 0 aromatic heterocycles. The third kappa shape index (κ3) is 4.96. The van der Waals surface area contributed by atoms with E-state index >= 15 is 0 Å². The molecule has 5 atom stereocenters. The van der Waals surface area contributed by atoms with Crippen molar-refractivity contribution in [3.8, 4) is 6.07 Å². The number of benzene rings is 5. The predicted octanol–water partition coefficient (Wildman–Crippen LogP) is 9.11. The van der Waals surface area contributed by atoms with E-state index in [1.54, 1.807) is 24.3 Å². The Morgan fingerprint density at radius 3 is 1.79 bits per heavy atom. The fourth-order valence-corrected chi connectivity index (χ4v) is 7.36. The largest absolute Gasteiger partial charge is 0.384 e. The molecule has 0 saturated heterocycles. The Balaban J connectivity index is 1.74. The highest BCUT2D eigenvalue weighted by atomic mass is 35.5. The summed E-state index contributed by atoms with van der Waals surface area (Å²) >= 11 is 13.0. The van der Waals surface area contributed by atoms with Crippen molar-refractivity contribution in [2.45, 2.75) is 29.3 Å². The quantitative estimate of drug-likeness (QED) is 0.197. The molecule has 1 aliphatic rings. The van der Waals surface area contributed by atoms with Crippen LogP contribution in [0.3, 0.4) is 0 Å². The highest BCUT2D eigenvalue weighted by Crippen LogP contribution is 2.64. The zero-order valence-corrected chi connectivity index (χ0v) is 24.8. The van der Waals surface area contributed by atoms with Crippen molar-refractivity contribution < 1.29 is 9.90 Å². The molecule has 0 bridgehead atoms. The summed E-state index contributed by atoms with van der Waals surface area (Å²) in [6, 6.07) is 45.8. The van der Waals surface area contributed by atoms with Gasteiger partial charge in [0.2, 0.25) is 0 Å². The van der Waals surface area contributed by atoms with Gasteiger partial charge in [-0.3, -0.25) is 4.79 Å². The molecule has 43 heavy (non-hydrogen) atoms. The highest BCUT2D eigenvalue weighted by Gasteiger charge is 2.64. The number of carbonyl (C=O) groups excluding carboxylic acids is 1. The molecule has 1 saturated carbocycles. The molecule has 0 heterocycles. The SMILES string of the molecule is N#C[C@]1(c2ccc(Cl)c(Cl)c2)[C@H](c2ccccc2)C[C@](O)(c2ccccc2)[C@@H](C(=O)c2ccccc2)[C@@H]1c1ccccc1. The van der Waals surface area contributed by atoms with E-state index in [1.807, 2.05) is 115 Å². The fourth-order valence-electron chi connectivity index (χ4n) is 7.06. The number of nitriles is 1. The minimum absolute atomic E-state index is 0.126. The lowest BCUT2D eigenvalue weighted by Crippen LogP contribution is -2.58. The number of aliphatic hydroxyl groups is 1. The standard InChI is InChI=1S/C38H29Cl2NO2/c39-32-22-21-30(23-33(32)40)37(25-41)31(26-13-5-1-6-14-26)24-38(43,29-19-11-4-12-20-29)35(34(37)27-15-7-2-8-16-27)36(42)28-17-9-3-10-18-28/h1-23,31,34-35,43H,24H2/t31-,34-,35+,37-,38-/m0/s1. The molecule has 5 aromatic carbocycles. The summed E-state index contributed by atoms with van der Waals surface area (Å²) in [5.41, 5.74) is 0.482. The lowest BCUT2D eigenvalue weighted by atomic mass is 9.46. The van der Waals surface area contributed by atoms with Gasteiger partial charge in [-0.2, -0.15) is 5.26 Å². The monoisotopic (exact) mass is 601 g/mol. The van der Waals surface area contributed by atoms with E-state index in [9.17, 15) is 15.2 Å². The maximum atomic E-state index is 14.9. The van der Waals surface area contributed by atoms with Crippen LogP contribution in [0.15, 0.2) is 140 Å². The maximum absolute atomic E-state index is 14.9. The summed E-state index contributed by atoms with van der Waals surface area (Å²) < 4.78 is 0.